The van der Waals surface area contributed by atoms with Gasteiger partial charge in [-0.25, -0.2) is 0 Å². The van der Waals surface area contributed by atoms with Crippen LogP contribution < -0.4 is 0 Å². The zero-order valence-corrected chi connectivity index (χ0v) is 10.4. The monoisotopic (exact) mass is 240 g/mol. The largest absolute Gasteiger partial charge is 0.392 e. The predicted molar refractivity (Wildman–Crippen MR) is 63.5 cm³/mol. The first-order valence-electron chi connectivity index (χ1n) is 5.94. The molecule has 1 heterocycles. The predicted octanol–water partition coefficient (Wildman–Crippen LogP) is 1.40. The molecular formula is C13H20O4. The van der Waals surface area contributed by atoms with Gasteiger partial charge in [0.15, 0.2) is 5.79 Å². The van der Waals surface area contributed by atoms with Gasteiger partial charge in [0.2, 0.25) is 0 Å². The van der Waals surface area contributed by atoms with Crippen LogP contribution in [0.3, 0.4) is 0 Å². The summed E-state index contributed by atoms with van der Waals surface area (Å²) >= 11 is 0. The smallest absolute Gasteiger partial charge is 0.163 e. The van der Waals surface area contributed by atoms with Gasteiger partial charge < -0.3 is 19.3 Å². The van der Waals surface area contributed by atoms with Gasteiger partial charge in [-0.1, -0.05) is 12.2 Å². The average Bonchev–Trinajstić information content (AvgIpc) is 2.59. The average molecular weight is 240 g/mol. The number of hydrogen-bond acceptors (Lipinski definition) is 4. The molecule has 3 atom stereocenters. The van der Waals surface area contributed by atoms with Crippen LogP contribution >= 0.6 is 0 Å². The first-order valence-corrected chi connectivity index (χ1v) is 5.94. The van der Waals surface area contributed by atoms with Crippen molar-refractivity contribution in [2.75, 3.05) is 13.2 Å². The molecule has 4 nitrogen and oxygen atoms in total. The Hall–Kier alpha value is -0.680. The lowest BCUT2D eigenvalue weighted by atomic mass is 9.92. The molecule has 0 aromatic heterocycles. The summed E-state index contributed by atoms with van der Waals surface area (Å²) in [6, 6.07) is 0. The molecule has 1 aliphatic carbocycles. The van der Waals surface area contributed by atoms with Crippen molar-refractivity contribution in [2.45, 2.75) is 44.4 Å². The van der Waals surface area contributed by atoms with Gasteiger partial charge in [0.25, 0.3) is 0 Å². The summed E-state index contributed by atoms with van der Waals surface area (Å²) in [6.45, 7) is 7.93. The molecule has 4 heteroatoms. The van der Waals surface area contributed by atoms with E-state index in [0.717, 1.165) is 5.57 Å². The van der Waals surface area contributed by atoms with Crippen molar-refractivity contribution in [3.63, 3.8) is 0 Å². The topological polar surface area (TPSA) is 47.9 Å². The Balaban J connectivity index is 2.12. The highest BCUT2D eigenvalue weighted by Crippen LogP contribution is 2.37. The number of fused-ring (bicyclic) bond motifs is 1. The van der Waals surface area contributed by atoms with Crippen LogP contribution in [0.5, 0.6) is 0 Å². The molecule has 3 unspecified atom stereocenters. The van der Waals surface area contributed by atoms with Crippen LogP contribution in [0.4, 0.5) is 0 Å². The summed E-state index contributed by atoms with van der Waals surface area (Å²) in [5.74, 6) is -0.579. The second-order valence-corrected chi connectivity index (χ2v) is 4.91. The van der Waals surface area contributed by atoms with Crippen molar-refractivity contribution in [1.29, 1.82) is 0 Å². The van der Waals surface area contributed by atoms with Crippen LogP contribution in [0.25, 0.3) is 0 Å². The summed E-state index contributed by atoms with van der Waals surface area (Å²) in [6.07, 6.45) is 4.05. The third kappa shape index (κ3) is 2.77. The molecule has 1 N–H and O–H groups in total. The molecule has 0 amide bonds. The fourth-order valence-corrected chi connectivity index (χ4v) is 2.39. The quantitative estimate of drug-likeness (QED) is 0.755. The van der Waals surface area contributed by atoms with Crippen molar-refractivity contribution in [3.8, 4) is 0 Å². The molecule has 0 bridgehead atoms. The third-order valence-electron chi connectivity index (χ3n) is 3.02. The number of aliphatic hydroxyl groups is 1. The number of hydrogen-bond donors (Lipinski definition) is 1. The van der Waals surface area contributed by atoms with Crippen LogP contribution in [-0.2, 0) is 14.2 Å². The summed E-state index contributed by atoms with van der Waals surface area (Å²) in [5.41, 5.74) is 0.946. The number of ether oxygens (including phenoxy) is 3. The minimum atomic E-state index is -0.579. The summed E-state index contributed by atoms with van der Waals surface area (Å²) in [5, 5.41) is 9.24. The molecular weight excluding hydrogens is 220 g/mol. The Morgan fingerprint density at radius 3 is 3.00 bits per heavy atom. The molecule has 0 radical (unpaired) electrons. The van der Waals surface area contributed by atoms with E-state index in [-0.39, 0.29) is 24.9 Å². The molecule has 0 aromatic carbocycles. The van der Waals surface area contributed by atoms with Gasteiger partial charge >= 0.3 is 0 Å². The highest BCUT2D eigenvalue weighted by Gasteiger charge is 2.47. The minimum Gasteiger partial charge on any atom is -0.392 e. The molecule has 1 fully saturated rings. The zero-order valence-electron chi connectivity index (χ0n) is 10.4. The van der Waals surface area contributed by atoms with Crippen molar-refractivity contribution in [1.82, 2.24) is 0 Å². The van der Waals surface area contributed by atoms with E-state index in [4.69, 9.17) is 14.2 Å². The van der Waals surface area contributed by atoms with Crippen LogP contribution in [0, 0.1) is 0 Å². The molecule has 2 rings (SSSR count). The SMILES string of the molecule is C=CCOC1C=C(CO)CC2OC(C)(C)OC12. The number of rotatable bonds is 4. The van der Waals surface area contributed by atoms with Crippen LogP contribution in [0.2, 0.25) is 0 Å². The van der Waals surface area contributed by atoms with Crippen molar-refractivity contribution in [2.24, 2.45) is 0 Å². The molecule has 0 spiro atoms. The van der Waals surface area contributed by atoms with Gasteiger partial charge in [0.1, 0.15) is 12.2 Å². The second kappa shape index (κ2) is 4.90. The Labute approximate surface area is 102 Å². The lowest BCUT2D eigenvalue weighted by Gasteiger charge is -2.29. The zero-order chi connectivity index (χ0) is 12.5. The summed E-state index contributed by atoms with van der Waals surface area (Å²) < 4.78 is 17.3. The van der Waals surface area contributed by atoms with E-state index in [2.05, 4.69) is 6.58 Å². The van der Waals surface area contributed by atoms with Crippen molar-refractivity contribution in [3.05, 3.63) is 24.3 Å². The van der Waals surface area contributed by atoms with Gasteiger partial charge in [-0.3, -0.25) is 0 Å². The Morgan fingerprint density at radius 1 is 1.59 bits per heavy atom. The van der Waals surface area contributed by atoms with Gasteiger partial charge in [0.05, 0.1) is 19.3 Å². The van der Waals surface area contributed by atoms with E-state index in [1.807, 2.05) is 19.9 Å². The van der Waals surface area contributed by atoms with Gasteiger partial charge in [-0.05, 0) is 25.8 Å². The van der Waals surface area contributed by atoms with E-state index >= 15 is 0 Å². The molecule has 96 valence electrons. The lowest BCUT2D eigenvalue weighted by molar-refractivity contribution is -0.154. The van der Waals surface area contributed by atoms with Crippen molar-refractivity contribution < 1.29 is 19.3 Å². The molecule has 1 saturated heterocycles. The molecule has 0 aromatic rings. The maximum absolute atomic E-state index is 9.24. The number of aliphatic hydroxyl groups excluding tert-OH is 1. The van der Waals surface area contributed by atoms with Gasteiger partial charge in [-0.2, -0.15) is 0 Å². The van der Waals surface area contributed by atoms with Gasteiger partial charge in [0, 0.05) is 0 Å². The lowest BCUT2D eigenvalue weighted by Crippen LogP contribution is -2.40. The molecule has 1 aliphatic heterocycles. The fourth-order valence-electron chi connectivity index (χ4n) is 2.39. The molecule has 0 saturated carbocycles. The van der Waals surface area contributed by atoms with E-state index in [0.29, 0.717) is 13.0 Å². The minimum absolute atomic E-state index is 0.0352. The molecule has 2 aliphatic rings. The highest BCUT2D eigenvalue weighted by molar-refractivity contribution is 5.17. The van der Waals surface area contributed by atoms with E-state index in [9.17, 15) is 5.11 Å². The Morgan fingerprint density at radius 2 is 2.35 bits per heavy atom. The maximum atomic E-state index is 9.24. The first kappa shape index (κ1) is 12.8. The van der Waals surface area contributed by atoms with Crippen LogP contribution in [0.15, 0.2) is 24.3 Å². The third-order valence-corrected chi connectivity index (χ3v) is 3.02. The Kier molecular flexibility index (Phi) is 3.68. The fraction of sp³-hybridized carbons (Fsp3) is 0.692. The maximum Gasteiger partial charge on any atom is 0.163 e. The second-order valence-electron chi connectivity index (χ2n) is 4.91. The Bertz CT molecular complexity index is 321. The van der Waals surface area contributed by atoms with E-state index in [1.165, 1.54) is 0 Å². The van der Waals surface area contributed by atoms with E-state index in [1.54, 1.807) is 6.08 Å². The standard InChI is InChI=1S/C13H20O4/c1-4-5-15-10-6-9(8-14)7-11-12(10)17-13(2,3)16-11/h4,6,10-12,14H,1,5,7-8H2,2-3H3. The summed E-state index contributed by atoms with van der Waals surface area (Å²) in [7, 11) is 0. The van der Waals surface area contributed by atoms with Crippen molar-refractivity contribution >= 4 is 0 Å². The van der Waals surface area contributed by atoms with Crippen LogP contribution in [-0.4, -0.2) is 42.4 Å². The highest BCUT2D eigenvalue weighted by atomic mass is 16.8. The normalized spacial score (nSPS) is 35.2. The first-order chi connectivity index (χ1) is 8.05. The molecule has 17 heavy (non-hydrogen) atoms. The van der Waals surface area contributed by atoms with Gasteiger partial charge in [-0.15, -0.1) is 6.58 Å². The van der Waals surface area contributed by atoms with E-state index < -0.39 is 5.79 Å². The summed E-state index contributed by atoms with van der Waals surface area (Å²) in [4.78, 5) is 0. The van der Waals surface area contributed by atoms with Crippen LogP contribution in [0.1, 0.15) is 20.3 Å².